The summed E-state index contributed by atoms with van der Waals surface area (Å²) >= 11 is 10.1. The molecule has 0 radical (unpaired) electrons. The number of methoxy groups -OCH3 is 1. The van der Waals surface area contributed by atoms with Crippen molar-refractivity contribution in [2.45, 2.75) is 39.2 Å². The van der Waals surface area contributed by atoms with Crippen LogP contribution < -0.4 is 0 Å². The minimum Gasteiger partial charge on any atom is -0.359 e. The van der Waals surface area contributed by atoms with E-state index in [1.54, 1.807) is 7.11 Å². The Hall–Kier alpha value is -0.870. The van der Waals surface area contributed by atoms with E-state index in [-0.39, 0.29) is 12.2 Å². The van der Waals surface area contributed by atoms with Crippen LogP contribution in [0, 0.1) is 0 Å². The zero-order valence-electron chi connectivity index (χ0n) is 14.7. The van der Waals surface area contributed by atoms with E-state index in [0.29, 0.717) is 6.61 Å². The lowest BCUT2D eigenvalue weighted by atomic mass is 9.86. The van der Waals surface area contributed by atoms with Gasteiger partial charge in [-0.15, -0.1) is 0 Å². The van der Waals surface area contributed by atoms with Gasteiger partial charge in [0.15, 0.2) is 0 Å². The Morgan fingerprint density at radius 2 is 1.71 bits per heavy atom. The Labute approximate surface area is 158 Å². The molecule has 130 valence electrons. The summed E-state index contributed by atoms with van der Waals surface area (Å²) in [6.45, 7) is 7.40. The van der Waals surface area contributed by atoms with E-state index in [0.717, 1.165) is 27.0 Å². The highest BCUT2D eigenvalue weighted by atomic mass is 79.9. The average molecular weight is 412 g/mol. The van der Waals surface area contributed by atoms with Crippen molar-refractivity contribution in [3.63, 3.8) is 0 Å². The maximum Gasteiger partial charge on any atom is 0.146 e. The first kappa shape index (κ1) is 19.5. The van der Waals surface area contributed by atoms with Crippen LogP contribution >= 0.6 is 27.5 Å². The van der Waals surface area contributed by atoms with E-state index in [2.05, 4.69) is 67.0 Å². The standard InChI is InChI=1S/C20H24BrClO2/c1-20(2,3)17-7-5-14(6-8-17)9-15-10-18(21)16(11-19(15)22)12-24-13-23-4/h5-8,10-11H,9,12-13H2,1-4H3. The molecule has 0 saturated carbocycles. The monoisotopic (exact) mass is 410 g/mol. The molecule has 2 aromatic carbocycles. The Kier molecular flexibility index (Phi) is 6.88. The molecule has 0 N–H and O–H groups in total. The molecule has 0 aromatic heterocycles. The summed E-state index contributed by atoms with van der Waals surface area (Å²) in [5.74, 6) is 0. The molecule has 2 rings (SSSR count). The third kappa shape index (κ3) is 5.32. The van der Waals surface area contributed by atoms with Crippen LogP contribution in [0.25, 0.3) is 0 Å². The maximum atomic E-state index is 6.46. The topological polar surface area (TPSA) is 18.5 Å². The van der Waals surface area contributed by atoms with Gasteiger partial charge in [0, 0.05) is 16.6 Å². The molecule has 0 atom stereocenters. The summed E-state index contributed by atoms with van der Waals surface area (Å²) in [5, 5.41) is 0.758. The fourth-order valence-electron chi connectivity index (χ4n) is 2.45. The highest BCUT2D eigenvalue weighted by Gasteiger charge is 2.13. The quantitative estimate of drug-likeness (QED) is 0.421. The highest BCUT2D eigenvalue weighted by molar-refractivity contribution is 9.10. The van der Waals surface area contributed by atoms with Gasteiger partial charge in [-0.1, -0.05) is 72.6 Å². The van der Waals surface area contributed by atoms with Crippen LogP contribution in [0.15, 0.2) is 40.9 Å². The number of halogens is 2. The van der Waals surface area contributed by atoms with Crippen LogP contribution in [0.2, 0.25) is 5.02 Å². The van der Waals surface area contributed by atoms with Gasteiger partial charge in [-0.05, 0) is 46.2 Å². The van der Waals surface area contributed by atoms with Gasteiger partial charge in [-0.25, -0.2) is 0 Å². The summed E-state index contributed by atoms with van der Waals surface area (Å²) in [6, 6.07) is 12.8. The first-order chi connectivity index (χ1) is 11.3. The molecule has 2 nitrogen and oxygen atoms in total. The lowest BCUT2D eigenvalue weighted by molar-refractivity contribution is -0.0392. The van der Waals surface area contributed by atoms with E-state index in [1.165, 1.54) is 11.1 Å². The first-order valence-electron chi connectivity index (χ1n) is 7.94. The molecule has 0 aliphatic carbocycles. The van der Waals surface area contributed by atoms with Gasteiger partial charge in [-0.2, -0.15) is 0 Å². The van der Waals surface area contributed by atoms with E-state index in [1.807, 2.05) is 6.07 Å². The summed E-state index contributed by atoms with van der Waals surface area (Å²) in [6.07, 6.45) is 0.807. The molecular weight excluding hydrogens is 388 g/mol. The van der Waals surface area contributed by atoms with Crippen molar-refractivity contribution >= 4 is 27.5 Å². The fourth-order valence-corrected chi connectivity index (χ4v) is 3.21. The smallest absolute Gasteiger partial charge is 0.146 e. The van der Waals surface area contributed by atoms with E-state index in [4.69, 9.17) is 21.1 Å². The summed E-state index contributed by atoms with van der Waals surface area (Å²) in [4.78, 5) is 0. The van der Waals surface area contributed by atoms with E-state index >= 15 is 0 Å². The SMILES string of the molecule is COCOCc1cc(Cl)c(Cc2ccc(C(C)(C)C)cc2)cc1Br. The molecule has 4 heteroatoms. The van der Waals surface area contributed by atoms with Crippen molar-refractivity contribution in [3.05, 3.63) is 68.1 Å². The van der Waals surface area contributed by atoms with Crippen molar-refractivity contribution in [3.8, 4) is 0 Å². The van der Waals surface area contributed by atoms with Crippen molar-refractivity contribution < 1.29 is 9.47 Å². The van der Waals surface area contributed by atoms with Gasteiger partial charge < -0.3 is 9.47 Å². The normalized spacial score (nSPS) is 11.8. The zero-order chi connectivity index (χ0) is 17.7. The van der Waals surface area contributed by atoms with Gasteiger partial charge in [0.2, 0.25) is 0 Å². The van der Waals surface area contributed by atoms with Crippen LogP contribution in [-0.2, 0) is 27.9 Å². The van der Waals surface area contributed by atoms with Crippen LogP contribution in [0.5, 0.6) is 0 Å². The predicted octanol–water partition coefficient (Wildman–Crippen LogP) is 6.11. The van der Waals surface area contributed by atoms with Crippen molar-refractivity contribution in [2.75, 3.05) is 13.9 Å². The van der Waals surface area contributed by atoms with Gasteiger partial charge in [0.25, 0.3) is 0 Å². The first-order valence-corrected chi connectivity index (χ1v) is 9.11. The molecule has 0 saturated heterocycles. The number of rotatable bonds is 6. The van der Waals surface area contributed by atoms with E-state index < -0.39 is 0 Å². The second kappa shape index (κ2) is 8.48. The number of hydrogen-bond donors (Lipinski definition) is 0. The summed E-state index contributed by atoms with van der Waals surface area (Å²) in [7, 11) is 1.61. The minimum atomic E-state index is 0.170. The Morgan fingerprint density at radius 3 is 2.29 bits per heavy atom. The molecule has 0 bridgehead atoms. The molecule has 0 fully saturated rings. The maximum absolute atomic E-state index is 6.46. The summed E-state index contributed by atoms with van der Waals surface area (Å²) in [5.41, 5.74) is 4.87. The highest BCUT2D eigenvalue weighted by Crippen LogP contribution is 2.29. The lowest BCUT2D eigenvalue weighted by Gasteiger charge is -2.19. The molecule has 2 aromatic rings. The molecule has 0 amide bonds. The van der Waals surface area contributed by atoms with Gasteiger partial charge in [0.05, 0.1) is 6.61 Å². The average Bonchev–Trinajstić information content (AvgIpc) is 2.52. The minimum absolute atomic E-state index is 0.170. The molecule has 0 unspecified atom stereocenters. The van der Waals surface area contributed by atoms with Gasteiger partial charge in [-0.3, -0.25) is 0 Å². The Morgan fingerprint density at radius 1 is 1.04 bits per heavy atom. The molecule has 0 spiro atoms. The molecule has 0 aliphatic heterocycles. The molecular formula is C20H24BrClO2. The largest absolute Gasteiger partial charge is 0.359 e. The third-order valence-corrected chi connectivity index (χ3v) is 4.98. The van der Waals surface area contributed by atoms with Crippen LogP contribution in [0.3, 0.4) is 0 Å². The van der Waals surface area contributed by atoms with Crippen molar-refractivity contribution in [1.82, 2.24) is 0 Å². The second-order valence-electron chi connectivity index (χ2n) is 6.91. The zero-order valence-corrected chi connectivity index (χ0v) is 17.0. The van der Waals surface area contributed by atoms with Crippen LogP contribution in [0.4, 0.5) is 0 Å². The molecule has 24 heavy (non-hydrogen) atoms. The second-order valence-corrected chi connectivity index (χ2v) is 8.18. The van der Waals surface area contributed by atoms with Crippen LogP contribution in [-0.4, -0.2) is 13.9 Å². The van der Waals surface area contributed by atoms with Crippen molar-refractivity contribution in [1.29, 1.82) is 0 Å². The van der Waals surface area contributed by atoms with Crippen molar-refractivity contribution in [2.24, 2.45) is 0 Å². The predicted molar refractivity (Wildman–Crippen MR) is 104 cm³/mol. The number of ether oxygens (including phenoxy) is 2. The van der Waals surface area contributed by atoms with Gasteiger partial charge in [0.1, 0.15) is 6.79 Å². The lowest BCUT2D eigenvalue weighted by Crippen LogP contribution is -2.10. The van der Waals surface area contributed by atoms with Crippen LogP contribution in [0.1, 0.15) is 43.0 Å². The number of benzene rings is 2. The molecule has 0 heterocycles. The Balaban J connectivity index is 2.13. The molecule has 0 aliphatic rings. The van der Waals surface area contributed by atoms with E-state index in [9.17, 15) is 0 Å². The third-order valence-electron chi connectivity index (χ3n) is 3.89. The summed E-state index contributed by atoms with van der Waals surface area (Å²) < 4.78 is 11.3. The number of hydrogen-bond acceptors (Lipinski definition) is 2. The fraction of sp³-hybridized carbons (Fsp3) is 0.400. The Bertz CT molecular complexity index is 675. The van der Waals surface area contributed by atoms with Gasteiger partial charge >= 0.3 is 0 Å².